The first kappa shape index (κ1) is 22.0. The van der Waals surface area contributed by atoms with Gasteiger partial charge in [0.25, 0.3) is 5.56 Å². The molecule has 0 spiro atoms. The third-order valence-electron chi connectivity index (χ3n) is 5.58. The summed E-state index contributed by atoms with van der Waals surface area (Å²) < 4.78 is 3.31. The number of aromatic nitrogens is 4. The van der Waals surface area contributed by atoms with Crippen LogP contribution in [0.5, 0.6) is 0 Å². The summed E-state index contributed by atoms with van der Waals surface area (Å²) in [5.41, 5.74) is 3.96. The van der Waals surface area contributed by atoms with Gasteiger partial charge in [0.1, 0.15) is 5.39 Å². The number of rotatable bonds is 4. The van der Waals surface area contributed by atoms with Crippen LogP contribution >= 0.6 is 35.0 Å². The highest BCUT2D eigenvalue weighted by Gasteiger charge is 2.29. The Balaban J connectivity index is 1.45. The van der Waals surface area contributed by atoms with Crippen LogP contribution in [0.1, 0.15) is 23.6 Å². The van der Waals surface area contributed by atoms with E-state index in [1.54, 1.807) is 33.6 Å². The van der Waals surface area contributed by atoms with Crippen LogP contribution in [0, 0.1) is 13.8 Å². The molecule has 168 valence electrons. The first-order chi connectivity index (χ1) is 15.8. The number of anilines is 1. The number of nitrogens with zero attached hydrogens (tertiary/aromatic N) is 4. The van der Waals surface area contributed by atoms with Crippen molar-refractivity contribution < 1.29 is 4.79 Å². The number of hydrogen-bond acceptors (Lipinski definition) is 5. The molecule has 1 aliphatic rings. The summed E-state index contributed by atoms with van der Waals surface area (Å²) in [6.07, 6.45) is 1.69. The average molecular weight is 500 g/mol. The van der Waals surface area contributed by atoms with Gasteiger partial charge in [-0.15, -0.1) is 0 Å². The number of fused-ring (bicyclic) bond motifs is 2. The third kappa shape index (κ3) is 4.03. The van der Waals surface area contributed by atoms with Crippen molar-refractivity contribution in [3.8, 4) is 5.69 Å². The molecule has 5 rings (SSSR count). The molecule has 2 aromatic carbocycles. The van der Waals surface area contributed by atoms with Crippen LogP contribution in [0.2, 0.25) is 10.0 Å². The minimum Gasteiger partial charge on any atom is -0.326 e. The molecule has 10 heteroatoms. The SMILES string of the molecule is Cc1ccc(-n2ncc3c(=O)n4c(nc32)SCC4CC(=O)Nc2ccc(Cl)c(Cl)c2)c(C)c1. The van der Waals surface area contributed by atoms with Gasteiger partial charge < -0.3 is 5.32 Å². The van der Waals surface area contributed by atoms with Gasteiger partial charge in [-0.2, -0.15) is 5.10 Å². The molecule has 33 heavy (non-hydrogen) atoms. The predicted octanol–water partition coefficient (Wildman–Crippen LogP) is 5.18. The van der Waals surface area contributed by atoms with E-state index in [9.17, 15) is 9.59 Å². The number of hydrogen-bond donors (Lipinski definition) is 1. The molecule has 1 unspecified atom stereocenters. The molecular weight excluding hydrogens is 481 g/mol. The minimum atomic E-state index is -0.304. The number of halogens is 2. The van der Waals surface area contributed by atoms with Crippen LogP contribution in [-0.4, -0.2) is 31.0 Å². The van der Waals surface area contributed by atoms with Crippen LogP contribution in [0.25, 0.3) is 16.7 Å². The molecule has 2 aromatic heterocycles. The maximum Gasteiger partial charge on any atom is 0.265 e. The van der Waals surface area contributed by atoms with Crippen molar-refractivity contribution in [2.45, 2.75) is 31.5 Å². The molecule has 3 heterocycles. The second-order valence-corrected chi connectivity index (χ2v) is 9.80. The van der Waals surface area contributed by atoms with Crippen LogP contribution in [-0.2, 0) is 4.79 Å². The molecule has 0 aliphatic carbocycles. The fourth-order valence-electron chi connectivity index (χ4n) is 4.00. The maximum absolute atomic E-state index is 13.3. The summed E-state index contributed by atoms with van der Waals surface area (Å²) in [6, 6.07) is 10.7. The summed E-state index contributed by atoms with van der Waals surface area (Å²) in [4.78, 5) is 30.7. The van der Waals surface area contributed by atoms with E-state index in [0.717, 1.165) is 16.8 Å². The van der Waals surface area contributed by atoms with Gasteiger partial charge in [-0.05, 0) is 43.7 Å². The summed E-state index contributed by atoms with van der Waals surface area (Å²) in [6.45, 7) is 4.04. The van der Waals surface area contributed by atoms with Crippen LogP contribution in [0.4, 0.5) is 5.69 Å². The van der Waals surface area contributed by atoms with Gasteiger partial charge in [0.2, 0.25) is 5.91 Å². The van der Waals surface area contributed by atoms with E-state index < -0.39 is 0 Å². The van der Waals surface area contributed by atoms with Crippen molar-refractivity contribution in [3.63, 3.8) is 0 Å². The Bertz CT molecular complexity index is 1480. The van der Waals surface area contributed by atoms with Crippen molar-refractivity contribution in [2.24, 2.45) is 0 Å². The average Bonchev–Trinajstić information content (AvgIpc) is 3.36. The van der Waals surface area contributed by atoms with Gasteiger partial charge in [-0.3, -0.25) is 14.2 Å². The smallest absolute Gasteiger partial charge is 0.265 e. The predicted molar refractivity (Wildman–Crippen MR) is 132 cm³/mol. The first-order valence-electron chi connectivity index (χ1n) is 10.3. The zero-order valence-corrected chi connectivity index (χ0v) is 20.1. The lowest BCUT2D eigenvalue weighted by molar-refractivity contribution is -0.116. The number of aryl methyl sites for hydroxylation is 2. The Morgan fingerprint density at radius 1 is 1.18 bits per heavy atom. The summed E-state index contributed by atoms with van der Waals surface area (Å²) in [5.74, 6) is 0.366. The molecule has 1 N–H and O–H groups in total. The van der Waals surface area contributed by atoms with E-state index in [2.05, 4.69) is 16.5 Å². The van der Waals surface area contributed by atoms with Crippen molar-refractivity contribution in [1.29, 1.82) is 0 Å². The summed E-state index contributed by atoms with van der Waals surface area (Å²) in [5, 5.41) is 9.05. The van der Waals surface area contributed by atoms with Crippen molar-refractivity contribution in [1.82, 2.24) is 19.3 Å². The molecule has 0 radical (unpaired) electrons. The van der Waals surface area contributed by atoms with E-state index in [0.29, 0.717) is 37.7 Å². The lowest BCUT2D eigenvalue weighted by Gasteiger charge is -2.14. The molecule has 1 aliphatic heterocycles. The van der Waals surface area contributed by atoms with Gasteiger partial charge in [-0.25, -0.2) is 9.67 Å². The molecule has 7 nitrogen and oxygen atoms in total. The second-order valence-electron chi connectivity index (χ2n) is 8.00. The van der Waals surface area contributed by atoms with Crippen LogP contribution in [0.15, 0.2) is 52.5 Å². The zero-order chi connectivity index (χ0) is 23.3. The largest absolute Gasteiger partial charge is 0.326 e. The molecule has 4 aromatic rings. The Hall–Kier alpha value is -2.81. The number of benzene rings is 2. The highest BCUT2D eigenvalue weighted by molar-refractivity contribution is 7.99. The number of carbonyl (C=O) groups excluding carboxylic acids is 1. The number of nitrogens with one attached hydrogen (secondary N) is 1. The standard InChI is InChI=1S/C23H19Cl2N5O2S/c1-12-3-6-19(13(2)7-12)30-21-16(10-26-30)22(32)29-15(11-33-23(29)28-21)9-20(31)27-14-4-5-17(24)18(25)8-14/h3-8,10,15H,9,11H2,1-2H3,(H,27,31). The topological polar surface area (TPSA) is 81.8 Å². The van der Waals surface area contributed by atoms with Gasteiger partial charge in [0.15, 0.2) is 10.8 Å². The summed E-state index contributed by atoms with van der Waals surface area (Å²) in [7, 11) is 0. The van der Waals surface area contributed by atoms with Crippen molar-refractivity contribution in [2.75, 3.05) is 11.1 Å². The Morgan fingerprint density at radius 3 is 2.76 bits per heavy atom. The minimum absolute atomic E-state index is 0.137. The fraction of sp³-hybridized carbons (Fsp3) is 0.217. The Morgan fingerprint density at radius 2 is 2.00 bits per heavy atom. The number of carbonyl (C=O) groups is 1. The van der Waals surface area contributed by atoms with E-state index >= 15 is 0 Å². The van der Waals surface area contributed by atoms with Gasteiger partial charge in [-0.1, -0.05) is 52.7 Å². The van der Waals surface area contributed by atoms with Gasteiger partial charge in [0, 0.05) is 17.9 Å². The zero-order valence-electron chi connectivity index (χ0n) is 17.8. The number of thioether (sulfide) groups is 1. The Kier molecular flexibility index (Phi) is 5.68. The fourth-order valence-corrected chi connectivity index (χ4v) is 5.43. The number of amides is 1. The molecule has 0 saturated heterocycles. The van der Waals surface area contributed by atoms with E-state index in [-0.39, 0.29) is 23.9 Å². The molecular formula is C23H19Cl2N5O2S. The second kappa shape index (κ2) is 8.52. The van der Waals surface area contributed by atoms with Crippen LogP contribution < -0.4 is 10.9 Å². The lowest BCUT2D eigenvalue weighted by Crippen LogP contribution is -2.27. The quantitative estimate of drug-likeness (QED) is 0.391. The molecule has 0 fully saturated rings. The van der Waals surface area contributed by atoms with E-state index in [1.165, 1.54) is 11.8 Å². The first-order valence-corrected chi connectivity index (χ1v) is 12.0. The van der Waals surface area contributed by atoms with E-state index in [1.807, 2.05) is 26.0 Å². The molecule has 0 bridgehead atoms. The molecule has 1 amide bonds. The van der Waals surface area contributed by atoms with Crippen molar-refractivity contribution in [3.05, 3.63) is 74.1 Å². The monoisotopic (exact) mass is 499 g/mol. The highest BCUT2D eigenvalue weighted by atomic mass is 35.5. The molecule has 1 atom stereocenters. The normalized spacial score (nSPS) is 15.1. The molecule has 0 saturated carbocycles. The Labute approximate surface area is 203 Å². The third-order valence-corrected chi connectivity index (χ3v) is 7.41. The summed E-state index contributed by atoms with van der Waals surface area (Å²) >= 11 is 13.4. The van der Waals surface area contributed by atoms with Gasteiger partial charge in [0.05, 0.1) is 28.0 Å². The van der Waals surface area contributed by atoms with Gasteiger partial charge >= 0.3 is 0 Å². The van der Waals surface area contributed by atoms with Crippen molar-refractivity contribution >= 4 is 57.6 Å². The lowest BCUT2D eigenvalue weighted by atomic mass is 10.1. The van der Waals surface area contributed by atoms with E-state index in [4.69, 9.17) is 28.2 Å². The van der Waals surface area contributed by atoms with Crippen LogP contribution in [0.3, 0.4) is 0 Å². The highest BCUT2D eigenvalue weighted by Crippen LogP contribution is 2.34. The maximum atomic E-state index is 13.3.